The molecule has 1 atom stereocenters. The molecule has 1 unspecified atom stereocenters. The molecule has 0 spiro atoms. The second kappa shape index (κ2) is 6.63. The van der Waals surface area contributed by atoms with E-state index < -0.39 is 0 Å². The van der Waals surface area contributed by atoms with Crippen LogP contribution >= 0.6 is 0 Å². The first-order valence-corrected chi connectivity index (χ1v) is 5.67. The molecular weight excluding hydrogens is 176 g/mol. The Hall–Kier alpha value is -0.790. The van der Waals surface area contributed by atoms with Crippen molar-refractivity contribution < 1.29 is 9.53 Å². The van der Waals surface area contributed by atoms with Gasteiger partial charge in [0.1, 0.15) is 6.10 Å². The fourth-order valence-electron chi connectivity index (χ4n) is 1.55. The molecule has 1 aliphatic rings. The Morgan fingerprint density at radius 2 is 2.14 bits per heavy atom. The zero-order valence-electron chi connectivity index (χ0n) is 9.00. The van der Waals surface area contributed by atoms with Gasteiger partial charge >= 0.3 is 5.97 Å². The van der Waals surface area contributed by atoms with Gasteiger partial charge in [-0.3, -0.25) is 4.79 Å². The molecule has 0 aliphatic carbocycles. The molecule has 14 heavy (non-hydrogen) atoms. The summed E-state index contributed by atoms with van der Waals surface area (Å²) in [7, 11) is 0. The Kier molecular flexibility index (Phi) is 5.35. The van der Waals surface area contributed by atoms with E-state index in [-0.39, 0.29) is 12.1 Å². The first kappa shape index (κ1) is 11.3. The number of cyclic esters (lactones) is 1. The van der Waals surface area contributed by atoms with Gasteiger partial charge in [0.2, 0.25) is 0 Å². The van der Waals surface area contributed by atoms with E-state index in [4.69, 9.17) is 4.74 Å². The van der Waals surface area contributed by atoms with Crippen molar-refractivity contribution in [2.24, 2.45) is 0 Å². The maximum absolute atomic E-state index is 10.5. The highest BCUT2D eigenvalue weighted by atomic mass is 16.6. The maximum Gasteiger partial charge on any atom is 0.309 e. The molecule has 1 fully saturated rings. The van der Waals surface area contributed by atoms with Gasteiger partial charge in [-0.05, 0) is 12.8 Å². The van der Waals surface area contributed by atoms with Crippen LogP contribution in [0.25, 0.3) is 0 Å². The van der Waals surface area contributed by atoms with Crippen LogP contribution in [0.4, 0.5) is 0 Å². The van der Waals surface area contributed by atoms with E-state index in [1.165, 1.54) is 32.1 Å². The van der Waals surface area contributed by atoms with E-state index >= 15 is 0 Å². The molecule has 1 saturated heterocycles. The van der Waals surface area contributed by atoms with Crippen molar-refractivity contribution in [1.29, 1.82) is 0 Å². The first-order chi connectivity index (χ1) is 6.83. The van der Waals surface area contributed by atoms with Gasteiger partial charge < -0.3 is 4.74 Å². The smallest absolute Gasteiger partial charge is 0.309 e. The Balaban J connectivity index is 1.86. The largest absolute Gasteiger partial charge is 0.461 e. The Labute approximate surface area is 86.3 Å². The summed E-state index contributed by atoms with van der Waals surface area (Å²) in [4.78, 5) is 10.5. The van der Waals surface area contributed by atoms with Crippen LogP contribution in [0.2, 0.25) is 0 Å². The number of unbranched alkanes of at least 4 members (excludes halogenated alkanes) is 4. The number of esters is 1. The van der Waals surface area contributed by atoms with E-state index in [2.05, 4.69) is 19.1 Å². The van der Waals surface area contributed by atoms with E-state index in [9.17, 15) is 4.79 Å². The lowest BCUT2D eigenvalue weighted by molar-refractivity contribution is -0.168. The zero-order valence-corrected chi connectivity index (χ0v) is 9.00. The molecule has 2 nitrogen and oxygen atoms in total. The summed E-state index contributed by atoms with van der Waals surface area (Å²) in [6.07, 6.45) is 12.5. The van der Waals surface area contributed by atoms with Crippen LogP contribution < -0.4 is 0 Å². The minimum atomic E-state index is -0.0497. The summed E-state index contributed by atoms with van der Waals surface area (Å²) in [5.74, 6) is -0.0497. The van der Waals surface area contributed by atoms with Crippen molar-refractivity contribution in [3.63, 3.8) is 0 Å². The van der Waals surface area contributed by atoms with Crippen molar-refractivity contribution in [1.82, 2.24) is 0 Å². The normalized spacial score (nSPS) is 20.9. The van der Waals surface area contributed by atoms with Crippen molar-refractivity contribution >= 4 is 5.97 Å². The molecule has 1 heterocycles. The second-order valence-corrected chi connectivity index (χ2v) is 3.87. The molecule has 0 aromatic rings. The average Bonchev–Trinajstić information content (AvgIpc) is 2.13. The van der Waals surface area contributed by atoms with Gasteiger partial charge in [0.15, 0.2) is 0 Å². The van der Waals surface area contributed by atoms with Gasteiger partial charge in [-0.1, -0.05) is 38.3 Å². The summed E-state index contributed by atoms with van der Waals surface area (Å²) < 4.78 is 4.89. The number of allylic oxidation sites excluding steroid dienone is 1. The van der Waals surface area contributed by atoms with E-state index in [1.807, 2.05) is 0 Å². The van der Waals surface area contributed by atoms with Crippen LogP contribution in [0.15, 0.2) is 12.2 Å². The fraction of sp³-hybridized carbons (Fsp3) is 0.750. The summed E-state index contributed by atoms with van der Waals surface area (Å²) >= 11 is 0. The van der Waals surface area contributed by atoms with Crippen molar-refractivity contribution in [2.45, 2.75) is 58.0 Å². The Bertz CT molecular complexity index is 188. The predicted octanol–water partition coefficient (Wildman–Crippen LogP) is 3.22. The minimum absolute atomic E-state index is 0.0497. The number of carbonyl (C=O) groups is 1. The van der Waals surface area contributed by atoms with Crippen LogP contribution in [0, 0.1) is 0 Å². The van der Waals surface area contributed by atoms with Gasteiger partial charge in [-0.15, -0.1) is 0 Å². The quantitative estimate of drug-likeness (QED) is 0.355. The summed E-state index contributed by atoms with van der Waals surface area (Å²) in [6, 6.07) is 0. The minimum Gasteiger partial charge on any atom is -0.461 e. The Morgan fingerprint density at radius 1 is 1.36 bits per heavy atom. The lowest BCUT2D eigenvalue weighted by Gasteiger charge is -2.23. The number of rotatable bonds is 7. The van der Waals surface area contributed by atoms with E-state index in [1.54, 1.807) is 0 Å². The molecule has 0 bridgehead atoms. The fourth-order valence-corrected chi connectivity index (χ4v) is 1.55. The van der Waals surface area contributed by atoms with E-state index in [0.717, 1.165) is 6.42 Å². The topological polar surface area (TPSA) is 26.3 Å². The Morgan fingerprint density at radius 3 is 2.79 bits per heavy atom. The summed E-state index contributed by atoms with van der Waals surface area (Å²) in [5, 5.41) is 0. The van der Waals surface area contributed by atoms with Crippen LogP contribution in [0.3, 0.4) is 0 Å². The highest BCUT2D eigenvalue weighted by Crippen LogP contribution is 2.17. The average molecular weight is 196 g/mol. The third-order valence-electron chi connectivity index (χ3n) is 2.48. The van der Waals surface area contributed by atoms with Crippen molar-refractivity contribution in [2.75, 3.05) is 0 Å². The molecule has 0 saturated carbocycles. The molecule has 0 radical (unpaired) electrons. The molecule has 80 valence electrons. The van der Waals surface area contributed by atoms with Crippen LogP contribution in [-0.2, 0) is 9.53 Å². The van der Waals surface area contributed by atoms with E-state index in [0.29, 0.717) is 6.42 Å². The number of ether oxygens (including phenoxy) is 1. The molecule has 1 rings (SSSR count). The third-order valence-corrected chi connectivity index (χ3v) is 2.48. The number of carbonyl (C=O) groups excluding carboxylic acids is 1. The van der Waals surface area contributed by atoms with Crippen LogP contribution in [0.1, 0.15) is 51.9 Å². The van der Waals surface area contributed by atoms with Gasteiger partial charge in [0, 0.05) is 6.42 Å². The molecule has 0 aromatic carbocycles. The molecule has 0 N–H and O–H groups in total. The zero-order chi connectivity index (χ0) is 10.2. The van der Waals surface area contributed by atoms with Crippen molar-refractivity contribution in [3.05, 3.63) is 12.2 Å². The first-order valence-electron chi connectivity index (χ1n) is 5.67. The number of hydrogen-bond donors (Lipinski definition) is 0. The monoisotopic (exact) mass is 196 g/mol. The van der Waals surface area contributed by atoms with Crippen LogP contribution in [0.5, 0.6) is 0 Å². The SMILES string of the molecule is CCCCCCC=CCC1CC(=O)O1. The van der Waals surface area contributed by atoms with Gasteiger partial charge in [-0.25, -0.2) is 0 Å². The highest BCUT2D eigenvalue weighted by Gasteiger charge is 2.26. The lowest BCUT2D eigenvalue weighted by Crippen LogP contribution is -2.31. The highest BCUT2D eigenvalue weighted by molar-refractivity contribution is 5.75. The molecular formula is C12H20O2. The molecule has 1 aliphatic heterocycles. The van der Waals surface area contributed by atoms with Gasteiger partial charge in [0.05, 0.1) is 6.42 Å². The summed E-state index contributed by atoms with van der Waals surface area (Å²) in [6.45, 7) is 2.22. The summed E-state index contributed by atoms with van der Waals surface area (Å²) in [5.41, 5.74) is 0. The van der Waals surface area contributed by atoms with Gasteiger partial charge in [-0.2, -0.15) is 0 Å². The predicted molar refractivity (Wildman–Crippen MR) is 57.0 cm³/mol. The van der Waals surface area contributed by atoms with Crippen LogP contribution in [-0.4, -0.2) is 12.1 Å². The van der Waals surface area contributed by atoms with Gasteiger partial charge in [0.25, 0.3) is 0 Å². The second-order valence-electron chi connectivity index (χ2n) is 3.87. The molecule has 0 aromatic heterocycles. The molecule has 2 heteroatoms. The molecule has 0 amide bonds. The third kappa shape index (κ3) is 4.45. The standard InChI is InChI=1S/C12H20O2/c1-2-3-4-5-6-7-8-9-11-10-12(13)14-11/h7-8,11H,2-6,9-10H2,1H3. The number of hydrogen-bond acceptors (Lipinski definition) is 2. The lowest BCUT2D eigenvalue weighted by atomic mass is 10.1. The maximum atomic E-state index is 10.5. The van der Waals surface area contributed by atoms with Crippen molar-refractivity contribution in [3.8, 4) is 0 Å².